The van der Waals surface area contributed by atoms with Gasteiger partial charge in [0.1, 0.15) is 11.5 Å². The summed E-state index contributed by atoms with van der Waals surface area (Å²) in [4.78, 5) is 12.0. The van der Waals surface area contributed by atoms with Gasteiger partial charge in [-0.25, -0.2) is 8.42 Å². The molecular weight excluding hydrogens is 342 g/mol. The van der Waals surface area contributed by atoms with Crippen LogP contribution in [0.2, 0.25) is 0 Å². The molecule has 25 heavy (non-hydrogen) atoms. The Hall–Kier alpha value is -2.54. The molecule has 0 heterocycles. The smallest absolute Gasteiger partial charge is 0.224 e. The summed E-state index contributed by atoms with van der Waals surface area (Å²) in [5, 5.41) is 12.3. The van der Waals surface area contributed by atoms with E-state index in [4.69, 9.17) is 4.74 Å². The van der Waals surface area contributed by atoms with Gasteiger partial charge in [-0.1, -0.05) is 25.1 Å². The largest absolute Gasteiger partial charge is 0.506 e. The first-order chi connectivity index (χ1) is 11.9. The van der Waals surface area contributed by atoms with Crippen LogP contribution in [0, 0.1) is 0 Å². The third-order valence-corrected chi connectivity index (χ3v) is 5.27. The Morgan fingerprint density at radius 3 is 2.56 bits per heavy atom. The quantitative estimate of drug-likeness (QED) is 0.556. The molecule has 0 aromatic heterocycles. The monoisotopic (exact) mass is 363 g/mol. The normalized spacial score (nSPS) is 11.1. The van der Waals surface area contributed by atoms with Crippen LogP contribution in [-0.4, -0.2) is 31.8 Å². The molecule has 2 aromatic carbocycles. The predicted octanol–water partition coefficient (Wildman–Crippen LogP) is 2.98. The second-order valence-corrected chi connectivity index (χ2v) is 7.67. The van der Waals surface area contributed by atoms with Crippen molar-refractivity contribution in [2.75, 3.05) is 17.7 Å². The number of anilines is 1. The molecule has 2 N–H and O–H groups in total. The molecule has 0 aliphatic carbocycles. The molecule has 0 unspecified atom stereocenters. The number of aromatic hydroxyl groups is 1. The second-order valence-electron chi connectivity index (χ2n) is 5.40. The molecule has 2 rings (SSSR count). The standard InChI is InChI=1S/C18H21NO5S/c1-2-25(22,23)15-10-11-17(20)16(13-15)19-18(21)9-6-12-24-14-7-4-3-5-8-14/h3-5,7-8,10-11,13,20H,2,6,9,12H2,1H3,(H,19,21). The first kappa shape index (κ1) is 18.8. The van der Waals surface area contributed by atoms with Crippen LogP contribution >= 0.6 is 0 Å². The second kappa shape index (κ2) is 8.53. The molecule has 0 bridgehead atoms. The van der Waals surface area contributed by atoms with Crippen molar-refractivity contribution in [2.24, 2.45) is 0 Å². The molecular formula is C18H21NO5S. The number of hydrogen-bond donors (Lipinski definition) is 2. The number of carbonyl (C=O) groups excluding carboxylic acids is 1. The lowest BCUT2D eigenvalue weighted by Crippen LogP contribution is -2.13. The zero-order valence-corrected chi connectivity index (χ0v) is 14.8. The molecule has 7 heteroatoms. The number of sulfone groups is 1. The van der Waals surface area contributed by atoms with Gasteiger partial charge in [0.15, 0.2) is 9.84 Å². The van der Waals surface area contributed by atoms with Gasteiger partial charge < -0.3 is 15.2 Å². The molecule has 0 saturated heterocycles. The van der Waals surface area contributed by atoms with Crippen molar-refractivity contribution in [2.45, 2.75) is 24.7 Å². The van der Waals surface area contributed by atoms with Gasteiger partial charge in [-0.3, -0.25) is 4.79 Å². The van der Waals surface area contributed by atoms with Crippen LogP contribution in [0.5, 0.6) is 11.5 Å². The number of amides is 1. The number of ether oxygens (including phenoxy) is 1. The summed E-state index contributed by atoms with van der Waals surface area (Å²) in [5.41, 5.74) is 0.0866. The number of phenols is 1. The van der Waals surface area contributed by atoms with Crippen LogP contribution in [0.15, 0.2) is 53.4 Å². The zero-order chi connectivity index (χ0) is 18.3. The summed E-state index contributed by atoms with van der Waals surface area (Å²) < 4.78 is 29.3. The van der Waals surface area contributed by atoms with E-state index < -0.39 is 9.84 Å². The van der Waals surface area contributed by atoms with Crippen molar-refractivity contribution >= 4 is 21.4 Å². The lowest BCUT2D eigenvalue weighted by atomic mass is 10.2. The molecule has 0 radical (unpaired) electrons. The average molecular weight is 363 g/mol. The summed E-state index contributed by atoms with van der Waals surface area (Å²) in [5.74, 6) is 0.183. The number of carbonyl (C=O) groups is 1. The van der Waals surface area contributed by atoms with Gasteiger partial charge in [0.25, 0.3) is 0 Å². The number of hydrogen-bond acceptors (Lipinski definition) is 5. The maximum absolute atomic E-state index is 12.0. The molecule has 0 saturated carbocycles. The Morgan fingerprint density at radius 2 is 1.88 bits per heavy atom. The van der Waals surface area contributed by atoms with Crippen LogP contribution in [-0.2, 0) is 14.6 Å². The first-order valence-electron chi connectivity index (χ1n) is 7.96. The van der Waals surface area contributed by atoms with E-state index in [1.165, 1.54) is 25.1 Å². The fraction of sp³-hybridized carbons (Fsp3) is 0.278. The number of para-hydroxylation sites is 1. The van der Waals surface area contributed by atoms with Crippen LogP contribution < -0.4 is 10.1 Å². The highest BCUT2D eigenvalue weighted by molar-refractivity contribution is 7.91. The highest BCUT2D eigenvalue weighted by Crippen LogP contribution is 2.27. The van der Waals surface area contributed by atoms with Crippen molar-refractivity contribution in [3.8, 4) is 11.5 Å². The van der Waals surface area contributed by atoms with Crippen molar-refractivity contribution in [3.63, 3.8) is 0 Å². The van der Waals surface area contributed by atoms with Gasteiger partial charge in [0.05, 0.1) is 22.9 Å². The van der Waals surface area contributed by atoms with Crippen LogP contribution in [0.1, 0.15) is 19.8 Å². The van der Waals surface area contributed by atoms with Gasteiger partial charge in [-0.15, -0.1) is 0 Å². The van der Waals surface area contributed by atoms with E-state index in [0.717, 1.165) is 5.75 Å². The van der Waals surface area contributed by atoms with Crippen LogP contribution in [0.3, 0.4) is 0 Å². The number of benzene rings is 2. The maximum atomic E-state index is 12.0. The van der Waals surface area contributed by atoms with Gasteiger partial charge in [0, 0.05) is 6.42 Å². The van der Waals surface area contributed by atoms with Crippen LogP contribution in [0.4, 0.5) is 5.69 Å². The number of rotatable bonds is 8. The SMILES string of the molecule is CCS(=O)(=O)c1ccc(O)c(NC(=O)CCCOc2ccccc2)c1. The number of phenolic OH excluding ortho intramolecular Hbond substituents is 1. The van der Waals surface area contributed by atoms with Gasteiger partial charge in [-0.2, -0.15) is 0 Å². The lowest BCUT2D eigenvalue weighted by molar-refractivity contribution is -0.116. The molecule has 0 atom stereocenters. The Labute approximate surface area is 147 Å². The highest BCUT2D eigenvalue weighted by Gasteiger charge is 2.15. The van der Waals surface area contributed by atoms with Crippen molar-refractivity contribution in [1.82, 2.24) is 0 Å². The van der Waals surface area contributed by atoms with Crippen molar-refractivity contribution in [3.05, 3.63) is 48.5 Å². The molecule has 0 aliphatic rings. The molecule has 6 nitrogen and oxygen atoms in total. The van der Waals surface area contributed by atoms with E-state index in [2.05, 4.69) is 5.32 Å². The number of nitrogens with one attached hydrogen (secondary N) is 1. The van der Waals surface area contributed by atoms with Crippen molar-refractivity contribution < 1.29 is 23.1 Å². The topological polar surface area (TPSA) is 92.7 Å². The first-order valence-corrected chi connectivity index (χ1v) is 9.61. The Kier molecular flexibility index (Phi) is 6.41. The summed E-state index contributed by atoms with van der Waals surface area (Å²) >= 11 is 0. The third kappa shape index (κ3) is 5.49. The Morgan fingerprint density at radius 1 is 1.16 bits per heavy atom. The van der Waals surface area contributed by atoms with E-state index in [1.54, 1.807) is 0 Å². The third-order valence-electron chi connectivity index (χ3n) is 3.54. The Balaban J connectivity index is 1.88. The molecule has 1 amide bonds. The lowest BCUT2D eigenvalue weighted by Gasteiger charge is -2.10. The fourth-order valence-electron chi connectivity index (χ4n) is 2.13. The van der Waals surface area contributed by atoms with E-state index in [0.29, 0.717) is 13.0 Å². The summed E-state index contributed by atoms with van der Waals surface area (Å²) in [6, 6.07) is 13.1. The maximum Gasteiger partial charge on any atom is 0.224 e. The minimum atomic E-state index is -3.41. The van der Waals surface area contributed by atoms with E-state index in [9.17, 15) is 18.3 Å². The Bertz CT molecular complexity index is 819. The van der Waals surface area contributed by atoms with Gasteiger partial charge in [-0.05, 0) is 36.8 Å². The van der Waals surface area contributed by atoms with Crippen molar-refractivity contribution in [1.29, 1.82) is 0 Å². The fourth-order valence-corrected chi connectivity index (χ4v) is 3.03. The molecule has 0 fully saturated rings. The minimum Gasteiger partial charge on any atom is -0.506 e. The zero-order valence-electron chi connectivity index (χ0n) is 13.9. The van der Waals surface area contributed by atoms with Gasteiger partial charge in [0.2, 0.25) is 5.91 Å². The van der Waals surface area contributed by atoms with E-state index >= 15 is 0 Å². The highest BCUT2D eigenvalue weighted by atomic mass is 32.2. The van der Waals surface area contributed by atoms with Crippen LogP contribution in [0.25, 0.3) is 0 Å². The predicted molar refractivity (Wildman–Crippen MR) is 95.6 cm³/mol. The summed E-state index contributed by atoms with van der Waals surface area (Å²) in [6.45, 7) is 1.92. The summed E-state index contributed by atoms with van der Waals surface area (Å²) in [6.07, 6.45) is 0.686. The minimum absolute atomic E-state index is 0.0536. The average Bonchev–Trinajstić information content (AvgIpc) is 2.61. The van der Waals surface area contributed by atoms with E-state index in [-0.39, 0.29) is 34.4 Å². The molecule has 2 aromatic rings. The van der Waals surface area contributed by atoms with E-state index in [1.807, 2.05) is 30.3 Å². The molecule has 0 spiro atoms. The molecule has 0 aliphatic heterocycles. The summed E-state index contributed by atoms with van der Waals surface area (Å²) in [7, 11) is -3.41. The molecule has 134 valence electrons. The van der Waals surface area contributed by atoms with Gasteiger partial charge >= 0.3 is 0 Å².